The Kier molecular flexibility index (Phi) is 5.44. The van der Waals surface area contributed by atoms with Crippen LogP contribution >= 0.6 is 23.2 Å². The van der Waals surface area contributed by atoms with Crippen LogP contribution in [-0.2, 0) is 14.3 Å². The minimum absolute atomic E-state index is 0.0460. The Morgan fingerprint density at radius 2 is 2.00 bits per heavy atom. The lowest BCUT2D eigenvalue weighted by molar-refractivity contribution is -0.151. The number of hydrogen-bond acceptors (Lipinski definition) is 4. The van der Waals surface area contributed by atoms with Gasteiger partial charge in [-0.05, 0) is 44.4 Å². The van der Waals surface area contributed by atoms with Crippen molar-refractivity contribution in [1.82, 2.24) is 5.32 Å². The summed E-state index contributed by atoms with van der Waals surface area (Å²) in [6.07, 6.45) is 1.75. The first-order valence-corrected chi connectivity index (χ1v) is 9.42. The highest BCUT2D eigenvalue weighted by Gasteiger charge is 2.44. The molecule has 0 fully saturated rings. The maximum Gasteiger partial charge on any atom is 0.316 e. The van der Waals surface area contributed by atoms with E-state index in [9.17, 15) is 9.59 Å². The van der Waals surface area contributed by atoms with Crippen LogP contribution in [-0.4, -0.2) is 17.9 Å². The molecule has 0 saturated carbocycles. The van der Waals surface area contributed by atoms with Gasteiger partial charge in [-0.15, -0.1) is 0 Å². The number of esters is 1. The van der Waals surface area contributed by atoms with Crippen molar-refractivity contribution >= 4 is 35.0 Å². The first kappa shape index (κ1) is 19.0. The van der Waals surface area contributed by atoms with Gasteiger partial charge in [0.25, 0.3) is 0 Å². The Balaban J connectivity index is 2.14. The van der Waals surface area contributed by atoms with E-state index in [0.29, 0.717) is 27.7 Å². The second-order valence-electron chi connectivity index (χ2n) is 6.93. The van der Waals surface area contributed by atoms with E-state index < -0.39 is 17.8 Å². The molecule has 6 heteroatoms. The number of benzene rings is 1. The van der Waals surface area contributed by atoms with Crippen molar-refractivity contribution in [3.63, 3.8) is 0 Å². The molecule has 2 unspecified atom stereocenters. The number of halogens is 2. The monoisotopic (exact) mass is 393 g/mol. The number of rotatable bonds is 3. The van der Waals surface area contributed by atoms with Crippen molar-refractivity contribution in [2.24, 2.45) is 5.92 Å². The van der Waals surface area contributed by atoms with Gasteiger partial charge in [0, 0.05) is 29.3 Å². The van der Waals surface area contributed by atoms with E-state index in [1.807, 2.05) is 0 Å². The Bertz CT molecular complexity index is 813. The second-order valence-corrected chi connectivity index (χ2v) is 7.75. The third-order valence-electron chi connectivity index (χ3n) is 4.70. The van der Waals surface area contributed by atoms with Gasteiger partial charge in [0.2, 0.25) is 0 Å². The summed E-state index contributed by atoms with van der Waals surface area (Å²) < 4.78 is 5.45. The van der Waals surface area contributed by atoms with E-state index in [0.717, 1.165) is 24.1 Å². The average molecular weight is 394 g/mol. The zero-order valence-corrected chi connectivity index (χ0v) is 16.3. The molecule has 1 aliphatic carbocycles. The molecule has 2 atom stereocenters. The third kappa shape index (κ3) is 3.53. The molecule has 1 aromatic rings. The number of ketones is 1. The van der Waals surface area contributed by atoms with Crippen LogP contribution in [0.3, 0.4) is 0 Å². The molecule has 0 radical (unpaired) electrons. The summed E-state index contributed by atoms with van der Waals surface area (Å²) in [6, 6.07) is 5.21. The predicted molar refractivity (Wildman–Crippen MR) is 102 cm³/mol. The van der Waals surface area contributed by atoms with Gasteiger partial charge in [-0.1, -0.05) is 35.8 Å². The smallest absolute Gasteiger partial charge is 0.316 e. The lowest BCUT2D eigenvalue weighted by Crippen LogP contribution is -2.41. The number of allylic oxidation sites excluding steroid dienone is 2. The Labute approximate surface area is 163 Å². The number of carbonyl (C=O) groups is 2. The van der Waals surface area contributed by atoms with E-state index in [1.165, 1.54) is 0 Å². The third-order valence-corrected chi connectivity index (χ3v) is 5.43. The molecule has 1 N–H and O–H groups in total. The zero-order valence-electron chi connectivity index (χ0n) is 14.8. The van der Waals surface area contributed by atoms with Crippen molar-refractivity contribution < 1.29 is 14.3 Å². The topological polar surface area (TPSA) is 55.4 Å². The predicted octanol–water partition coefficient (Wildman–Crippen LogP) is 4.77. The molecule has 0 bridgehead atoms. The number of Topliss-reactive ketones (excluding diaryl/α,β-unsaturated/α-hetero) is 1. The maximum absolute atomic E-state index is 12.8. The standard InChI is InChI=1S/C20H21Cl2NO3/c1-10(2)26-20(25)17-11(3)23-15-5-4-6-16(24)19(15)18(17)12-7-8-13(21)14(22)9-12/h7-10,17-18,23H,3-6H2,1-2H3. The summed E-state index contributed by atoms with van der Waals surface area (Å²) >= 11 is 12.3. The lowest BCUT2D eigenvalue weighted by atomic mass is 9.71. The summed E-state index contributed by atoms with van der Waals surface area (Å²) in [5.74, 6) is -1.54. The number of ether oxygens (including phenoxy) is 1. The molecule has 0 amide bonds. The highest BCUT2D eigenvalue weighted by molar-refractivity contribution is 6.42. The van der Waals surface area contributed by atoms with Crippen LogP contribution in [0.15, 0.2) is 41.7 Å². The molecule has 1 aromatic carbocycles. The van der Waals surface area contributed by atoms with Gasteiger partial charge < -0.3 is 10.1 Å². The highest BCUT2D eigenvalue weighted by Crippen LogP contribution is 2.45. The molecule has 3 rings (SSSR count). The van der Waals surface area contributed by atoms with Crippen molar-refractivity contribution in [2.45, 2.75) is 45.1 Å². The van der Waals surface area contributed by atoms with Gasteiger partial charge in [0.15, 0.2) is 5.78 Å². The summed E-state index contributed by atoms with van der Waals surface area (Å²) in [5, 5.41) is 3.99. The van der Waals surface area contributed by atoms with Crippen LogP contribution in [0, 0.1) is 5.92 Å². The molecule has 0 saturated heterocycles. The van der Waals surface area contributed by atoms with Crippen molar-refractivity contribution in [3.05, 3.63) is 57.4 Å². The molecular formula is C20H21Cl2NO3. The molecule has 1 aliphatic heterocycles. The SMILES string of the molecule is C=C1NC2=C(C(=O)CCC2)C(c2ccc(Cl)c(Cl)c2)C1C(=O)OC(C)C. The molecular weight excluding hydrogens is 373 g/mol. The molecule has 0 spiro atoms. The van der Waals surface area contributed by atoms with Crippen molar-refractivity contribution in [2.75, 3.05) is 0 Å². The van der Waals surface area contributed by atoms with Crippen LogP contribution in [0.4, 0.5) is 0 Å². The van der Waals surface area contributed by atoms with Crippen LogP contribution < -0.4 is 5.32 Å². The van der Waals surface area contributed by atoms with E-state index in [2.05, 4.69) is 11.9 Å². The van der Waals surface area contributed by atoms with E-state index in [-0.39, 0.29) is 11.9 Å². The molecule has 4 nitrogen and oxygen atoms in total. The van der Waals surface area contributed by atoms with Gasteiger partial charge in [-0.25, -0.2) is 0 Å². The molecule has 2 aliphatic rings. The normalized spacial score (nSPS) is 23.0. The number of nitrogens with one attached hydrogen (secondary N) is 1. The summed E-state index contributed by atoms with van der Waals surface area (Å²) in [5.41, 5.74) is 2.78. The molecule has 26 heavy (non-hydrogen) atoms. The van der Waals surface area contributed by atoms with E-state index >= 15 is 0 Å². The summed E-state index contributed by atoms with van der Waals surface area (Å²) in [6.45, 7) is 7.63. The minimum Gasteiger partial charge on any atom is -0.462 e. The van der Waals surface area contributed by atoms with Crippen LogP contribution in [0.2, 0.25) is 10.0 Å². The molecule has 0 aromatic heterocycles. The molecule has 1 heterocycles. The van der Waals surface area contributed by atoms with Crippen LogP contribution in [0.5, 0.6) is 0 Å². The van der Waals surface area contributed by atoms with Gasteiger partial charge in [-0.3, -0.25) is 9.59 Å². The van der Waals surface area contributed by atoms with Crippen LogP contribution in [0.1, 0.15) is 44.6 Å². The first-order chi connectivity index (χ1) is 12.3. The Morgan fingerprint density at radius 3 is 2.65 bits per heavy atom. The quantitative estimate of drug-likeness (QED) is 0.751. The second kappa shape index (κ2) is 7.45. The fourth-order valence-corrected chi connectivity index (χ4v) is 3.95. The average Bonchev–Trinajstić information content (AvgIpc) is 2.55. The fourth-order valence-electron chi connectivity index (χ4n) is 3.64. The first-order valence-electron chi connectivity index (χ1n) is 8.67. The van der Waals surface area contributed by atoms with Crippen molar-refractivity contribution in [1.29, 1.82) is 0 Å². The van der Waals surface area contributed by atoms with E-state index in [4.69, 9.17) is 27.9 Å². The summed E-state index contributed by atoms with van der Waals surface area (Å²) in [4.78, 5) is 25.5. The van der Waals surface area contributed by atoms with Gasteiger partial charge in [0.1, 0.15) is 5.92 Å². The minimum atomic E-state index is -0.699. The van der Waals surface area contributed by atoms with Crippen LogP contribution in [0.25, 0.3) is 0 Å². The molecule has 138 valence electrons. The summed E-state index contributed by atoms with van der Waals surface area (Å²) in [7, 11) is 0. The Hall–Kier alpha value is -1.78. The maximum atomic E-state index is 12.8. The van der Waals surface area contributed by atoms with Gasteiger partial charge in [-0.2, -0.15) is 0 Å². The Morgan fingerprint density at radius 1 is 1.27 bits per heavy atom. The number of carbonyl (C=O) groups excluding carboxylic acids is 2. The van der Waals surface area contributed by atoms with Gasteiger partial charge in [0.05, 0.1) is 16.1 Å². The lowest BCUT2D eigenvalue weighted by Gasteiger charge is -2.38. The largest absolute Gasteiger partial charge is 0.462 e. The fraction of sp³-hybridized carbons (Fsp3) is 0.400. The van der Waals surface area contributed by atoms with Crippen molar-refractivity contribution in [3.8, 4) is 0 Å². The van der Waals surface area contributed by atoms with Gasteiger partial charge >= 0.3 is 5.97 Å². The highest BCUT2D eigenvalue weighted by atomic mass is 35.5. The zero-order chi connectivity index (χ0) is 19.0. The van der Waals surface area contributed by atoms with E-state index in [1.54, 1.807) is 32.0 Å². The number of hydrogen-bond donors (Lipinski definition) is 1.